The van der Waals surface area contributed by atoms with Crippen molar-refractivity contribution in [2.75, 3.05) is 0 Å². The molecule has 0 aliphatic heterocycles. The number of rotatable bonds is 5. The van der Waals surface area contributed by atoms with E-state index in [1.165, 1.54) is 27.8 Å². The highest BCUT2D eigenvalue weighted by molar-refractivity contribution is 5.71. The Hall–Kier alpha value is -3.19. The molecule has 0 saturated carbocycles. The molecule has 0 spiro atoms. The third kappa shape index (κ3) is 6.44. The highest BCUT2D eigenvalue weighted by atomic mass is 14.7. The first kappa shape index (κ1) is 24.0. The van der Waals surface area contributed by atoms with Crippen LogP contribution in [0.25, 0.3) is 33.5 Å². The molecule has 1 heterocycles. The number of benzene rings is 3. The Balaban J connectivity index is 1.45. The van der Waals surface area contributed by atoms with Crippen molar-refractivity contribution in [3.05, 3.63) is 102 Å². The lowest BCUT2D eigenvalue weighted by atomic mass is 9.87. The molecule has 0 aliphatic rings. The van der Waals surface area contributed by atoms with Crippen molar-refractivity contribution in [1.29, 1.82) is 0 Å². The van der Waals surface area contributed by atoms with Gasteiger partial charge in [-0.25, -0.2) is 0 Å². The van der Waals surface area contributed by atoms with Gasteiger partial charge in [0.1, 0.15) is 0 Å². The molecule has 1 heteroatoms. The number of pyridine rings is 1. The molecular weight excluding hydrogens is 410 g/mol. The van der Waals surface area contributed by atoms with Crippen LogP contribution in [-0.4, -0.2) is 4.98 Å². The van der Waals surface area contributed by atoms with Crippen molar-refractivity contribution in [1.82, 2.24) is 4.98 Å². The van der Waals surface area contributed by atoms with Crippen LogP contribution in [0, 0.1) is 10.8 Å². The van der Waals surface area contributed by atoms with E-state index in [0.29, 0.717) is 10.8 Å². The molecule has 0 saturated heterocycles. The SMILES string of the molecule is CC(C)(C)Cc1ccc(-c2ccc(-c3ccc(-c4ccc(CC(C)(C)C)cc4)cn3)cc2)cc1. The summed E-state index contributed by atoms with van der Waals surface area (Å²) in [5.74, 6) is 0. The molecule has 0 unspecified atom stereocenters. The zero-order valence-electron chi connectivity index (χ0n) is 21.5. The van der Waals surface area contributed by atoms with Crippen LogP contribution >= 0.6 is 0 Å². The summed E-state index contributed by atoms with van der Waals surface area (Å²) in [7, 11) is 0. The molecule has 4 rings (SSSR count). The zero-order valence-corrected chi connectivity index (χ0v) is 21.5. The lowest BCUT2D eigenvalue weighted by Gasteiger charge is -2.18. The minimum atomic E-state index is 0.302. The van der Waals surface area contributed by atoms with E-state index in [9.17, 15) is 0 Å². The maximum atomic E-state index is 4.76. The van der Waals surface area contributed by atoms with Gasteiger partial charge in [0.2, 0.25) is 0 Å². The Morgan fingerprint density at radius 2 is 0.794 bits per heavy atom. The highest BCUT2D eigenvalue weighted by Crippen LogP contribution is 2.28. The van der Waals surface area contributed by atoms with Crippen LogP contribution in [0.1, 0.15) is 52.7 Å². The second-order valence-electron chi connectivity index (χ2n) is 11.9. The van der Waals surface area contributed by atoms with E-state index >= 15 is 0 Å². The summed E-state index contributed by atoms with van der Waals surface area (Å²) >= 11 is 0. The topological polar surface area (TPSA) is 12.9 Å². The summed E-state index contributed by atoms with van der Waals surface area (Å²) in [4.78, 5) is 4.76. The fraction of sp³-hybridized carbons (Fsp3) is 0.303. The summed E-state index contributed by atoms with van der Waals surface area (Å²) in [6, 6.07) is 30.9. The molecule has 0 amide bonds. The van der Waals surface area contributed by atoms with Gasteiger partial charge < -0.3 is 0 Å². The molecule has 1 nitrogen and oxygen atoms in total. The van der Waals surface area contributed by atoms with Crippen LogP contribution in [0.2, 0.25) is 0 Å². The second-order valence-corrected chi connectivity index (χ2v) is 11.9. The van der Waals surface area contributed by atoms with Crippen molar-refractivity contribution in [2.24, 2.45) is 10.8 Å². The Labute approximate surface area is 205 Å². The van der Waals surface area contributed by atoms with Gasteiger partial charge in [0.25, 0.3) is 0 Å². The average molecular weight is 448 g/mol. The van der Waals surface area contributed by atoms with Gasteiger partial charge in [-0.2, -0.15) is 0 Å². The van der Waals surface area contributed by atoms with Gasteiger partial charge >= 0.3 is 0 Å². The van der Waals surface area contributed by atoms with Gasteiger partial charge in [0.15, 0.2) is 0 Å². The minimum Gasteiger partial charge on any atom is -0.256 e. The fourth-order valence-electron chi connectivity index (χ4n) is 4.42. The number of aromatic nitrogens is 1. The van der Waals surface area contributed by atoms with Gasteiger partial charge in [0, 0.05) is 17.3 Å². The molecule has 0 bridgehead atoms. The first-order valence-corrected chi connectivity index (χ1v) is 12.3. The Bertz CT molecular complexity index is 1100. The first-order chi connectivity index (χ1) is 16.1. The summed E-state index contributed by atoms with van der Waals surface area (Å²) in [5, 5.41) is 0. The molecule has 3 aromatic carbocycles. The Morgan fingerprint density at radius 1 is 0.441 bits per heavy atom. The van der Waals surface area contributed by atoms with E-state index in [-0.39, 0.29) is 0 Å². The van der Waals surface area contributed by atoms with E-state index in [1.54, 1.807) is 0 Å². The third-order valence-corrected chi connectivity index (χ3v) is 5.99. The third-order valence-electron chi connectivity index (χ3n) is 5.99. The van der Waals surface area contributed by atoms with Crippen LogP contribution < -0.4 is 0 Å². The molecule has 0 radical (unpaired) electrons. The fourth-order valence-corrected chi connectivity index (χ4v) is 4.42. The second kappa shape index (κ2) is 9.58. The normalized spacial score (nSPS) is 12.1. The van der Waals surface area contributed by atoms with Gasteiger partial charge in [-0.1, -0.05) is 120 Å². The average Bonchev–Trinajstić information content (AvgIpc) is 2.78. The molecule has 0 aliphatic carbocycles. The smallest absolute Gasteiger partial charge is 0.0702 e. The standard InChI is InChI=1S/C33H37N/c1-32(2,3)21-24-7-11-26(12-8-24)27-15-17-29(18-16-27)31-20-19-30(23-34-31)28-13-9-25(10-14-28)22-33(4,5)6/h7-20,23H,21-22H2,1-6H3. The molecule has 4 aromatic rings. The van der Waals surface area contributed by atoms with E-state index in [4.69, 9.17) is 4.98 Å². The zero-order chi connectivity index (χ0) is 24.3. The van der Waals surface area contributed by atoms with Crippen molar-refractivity contribution in [3.63, 3.8) is 0 Å². The van der Waals surface area contributed by atoms with E-state index in [0.717, 1.165) is 29.7 Å². The predicted octanol–water partition coefficient (Wildman–Crippen LogP) is 9.26. The van der Waals surface area contributed by atoms with Crippen molar-refractivity contribution in [3.8, 4) is 33.5 Å². The Kier molecular flexibility index (Phi) is 6.75. The lowest BCUT2D eigenvalue weighted by molar-refractivity contribution is 0.411. The minimum absolute atomic E-state index is 0.302. The van der Waals surface area contributed by atoms with Crippen LogP contribution in [0.3, 0.4) is 0 Å². The molecule has 174 valence electrons. The van der Waals surface area contributed by atoms with Crippen LogP contribution in [0.4, 0.5) is 0 Å². The predicted molar refractivity (Wildman–Crippen MR) is 147 cm³/mol. The molecule has 0 N–H and O–H groups in total. The van der Waals surface area contributed by atoms with E-state index in [1.807, 2.05) is 6.20 Å². The maximum Gasteiger partial charge on any atom is 0.0702 e. The molecule has 1 aromatic heterocycles. The summed E-state index contributed by atoms with van der Waals surface area (Å²) in [6.45, 7) is 13.7. The van der Waals surface area contributed by atoms with E-state index < -0.39 is 0 Å². The van der Waals surface area contributed by atoms with Gasteiger partial charge in [-0.3, -0.25) is 4.98 Å². The van der Waals surface area contributed by atoms with Crippen molar-refractivity contribution in [2.45, 2.75) is 54.4 Å². The first-order valence-electron chi connectivity index (χ1n) is 12.3. The van der Waals surface area contributed by atoms with Crippen LogP contribution in [-0.2, 0) is 12.8 Å². The Morgan fingerprint density at radius 3 is 1.18 bits per heavy atom. The van der Waals surface area contributed by atoms with Crippen LogP contribution in [0.15, 0.2) is 91.1 Å². The highest BCUT2D eigenvalue weighted by Gasteiger charge is 2.12. The summed E-state index contributed by atoms with van der Waals surface area (Å²) in [6.07, 6.45) is 4.16. The molecule has 34 heavy (non-hydrogen) atoms. The summed E-state index contributed by atoms with van der Waals surface area (Å²) in [5.41, 5.74) is 10.4. The van der Waals surface area contributed by atoms with Gasteiger partial charge in [0.05, 0.1) is 5.69 Å². The number of hydrogen-bond acceptors (Lipinski definition) is 1. The molecular formula is C33H37N. The van der Waals surface area contributed by atoms with Crippen molar-refractivity contribution >= 4 is 0 Å². The van der Waals surface area contributed by atoms with Crippen LogP contribution in [0.5, 0.6) is 0 Å². The maximum absolute atomic E-state index is 4.76. The van der Waals surface area contributed by atoms with E-state index in [2.05, 4.69) is 126 Å². The van der Waals surface area contributed by atoms with Crippen molar-refractivity contribution < 1.29 is 0 Å². The van der Waals surface area contributed by atoms with Gasteiger partial charge in [-0.05, 0) is 57.6 Å². The number of hydrogen-bond donors (Lipinski definition) is 0. The monoisotopic (exact) mass is 447 g/mol. The quantitative estimate of drug-likeness (QED) is 0.297. The van der Waals surface area contributed by atoms with Gasteiger partial charge in [-0.15, -0.1) is 0 Å². The molecule has 0 fully saturated rings. The largest absolute Gasteiger partial charge is 0.256 e. The lowest BCUT2D eigenvalue weighted by Crippen LogP contribution is -2.08. The summed E-state index contributed by atoms with van der Waals surface area (Å²) < 4.78 is 0. The number of nitrogens with zero attached hydrogens (tertiary/aromatic N) is 1. The molecule has 0 atom stereocenters.